The third kappa shape index (κ3) is 2.07. The highest BCUT2D eigenvalue weighted by Crippen LogP contribution is 2.29. The molecule has 1 aliphatic rings. The van der Waals surface area contributed by atoms with Crippen LogP contribution in [0.1, 0.15) is 35.1 Å². The van der Waals surface area contributed by atoms with E-state index in [-0.39, 0.29) is 11.3 Å². The molecule has 5 nitrogen and oxygen atoms in total. The van der Waals surface area contributed by atoms with Crippen molar-refractivity contribution in [3.8, 4) is 0 Å². The molecule has 1 aromatic rings. The highest BCUT2D eigenvalue weighted by molar-refractivity contribution is 5.94. The third-order valence-corrected chi connectivity index (χ3v) is 3.79. The Morgan fingerprint density at radius 1 is 1.59 bits per heavy atom. The Bertz CT molecular complexity index is 440. The van der Waals surface area contributed by atoms with Crippen LogP contribution in [0.15, 0.2) is 0 Å². The van der Waals surface area contributed by atoms with Gasteiger partial charge < -0.3 is 10.6 Å². The Labute approximate surface area is 101 Å². The topological polar surface area (TPSA) is 75.0 Å². The van der Waals surface area contributed by atoms with Crippen molar-refractivity contribution in [3.63, 3.8) is 0 Å². The minimum Gasteiger partial charge on any atom is -0.337 e. The van der Waals surface area contributed by atoms with Crippen LogP contribution >= 0.6 is 0 Å². The molecule has 1 aliphatic heterocycles. The Morgan fingerprint density at radius 2 is 2.29 bits per heavy atom. The second kappa shape index (κ2) is 4.14. The number of likely N-dealkylation sites (tertiary alicyclic amines) is 1. The van der Waals surface area contributed by atoms with E-state index in [9.17, 15) is 4.79 Å². The minimum absolute atomic E-state index is 0.0176. The van der Waals surface area contributed by atoms with Crippen LogP contribution in [0.5, 0.6) is 0 Å². The lowest BCUT2D eigenvalue weighted by molar-refractivity contribution is 0.0770. The summed E-state index contributed by atoms with van der Waals surface area (Å²) in [7, 11) is 0. The molecule has 3 N–H and O–H groups in total. The van der Waals surface area contributed by atoms with Crippen molar-refractivity contribution in [2.45, 2.75) is 27.2 Å². The van der Waals surface area contributed by atoms with E-state index in [1.807, 2.05) is 18.7 Å². The van der Waals surface area contributed by atoms with Gasteiger partial charge in [0.1, 0.15) is 0 Å². The number of hydrogen-bond donors (Lipinski definition) is 2. The van der Waals surface area contributed by atoms with E-state index in [0.717, 1.165) is 30.8 Å². The number of amides is 1. The van der Waals surface area contributed by atoms with E-state index in [1.165, 1.54) is 0 Å². The van der Waals surface area contributed by atoms with Crippen LogP contribution in [0.3, 0.4) is 0 Å². The number of H-pyrrole nitrogens is 1. The lowest BCUT2D eigenvalue weighted by atomic mass is 9.90. The minimum atomic E-state index is 0.0176. The molecule has 0 aromatic carbocycles. The SMILES string of the molecule is Cc1[nH]nc(C(=O)N2CCC(C)(CN)C2)c1C. The maximum Gasteiger partial charge on any atom is 0.274 e. The number of rotatable bonds is 2. The Hall–Kier alpha value is -1.36. The van der Waals surface area contributed by atoms with Gasteiger partial charge in [0.15, 0.2) is 5.69 Å². The number of aromatic amines is 1. The van der Waals surface area contributed by atoms with E-state index in [1.54, 1.807) is 0 Å². The van der Waals surface area contributed by atoms with Gasteiger partial charge in [0, 0.05) is 24.3 Å². The molecule has 17 heavy (non-hydrogen) atoms. The zero-order chi connectivity index (χ0) is 12.6. The van der Waals surface area contributed by atoms with Crippen LogP contribution in [-0.4, -0.2) is 40.6 Å². The number of nitrogens with one attached hydrogen (secondary N) is 1. The number of aromatic nitrogens is 2. The van der Waals surface area contributed by atoms with Gasteiger partial charge in [-0.1, -0.05) is 6.92 Å². The lowest BCUT2D eigenvalue weighted by Gasteiger charge is -2.22. The van der Waals surface area contributed by atoms with E-state index in [4.69, 9.17) is 5.73 Å². The molecule has 5 heteroatoms. The van der Waals surface area contributed by atoms with Gasteiger partial charge in [-0.2, -0.15) is 5.10 Å². The zero-order valence-corrected chi connectivity index (χ0v) is 10.7. The summed E-state index contributed by atoms with van der Waals surface area (Å²) >= 11 is 0. The van der Waals surface area contributed by atoms with Gasteiger partial charge in [0.05, 0.1) is 0 Å². The molecule has 1 unspecified atom stereocenters. The van der Waals surface area contributed by atoms with Crippen molar-refractivity contribution >= 4 is 5.91 Å². The molecule has 1 fully saturated rings. The largest absolute Gasteiger partial charge is 0.337 e. The summed E-state index contributed by atoms with van der Waals surface area (Å²) in [5, 5.41) is 6.94. The van der Waals surface area contributed by atoms with E-state index in [2.05, 4.69) is 17.1 Å². The summed E-state index contributed by atoms with van der Waals surface area (Å²) in [6.45, 7) is 8.10. The summed E-state index contributed by atoms with van der Waals surface area (Å²) in [5.41, 5.74) is 8.25. The van der Waals surface area contributed by atoms with E-state index >= 15 is 0 Å². The molecule has 0 bridgehead atoms. The van der Waals surface area contributed by atoms with Crippen LogP contribution in [0, 0.1) is 19.3 Å². The number of hydrogen-bond acceptors (Lipinski definition) is 3. The maximum absolute atomic E-state index is 12.3. The zero-order valence-electron chi connectivity index (χ0n) is 10.7. The van der Waals surface area contributed by atoms with Gasteiger partial charge in [-0.05, 0) is 32.2 Å². The second-order valence-corrected chi connectivity index (χ2v) is 5.31. The van der Waals surface area contributed by atoms with E-state index < -0.39 is 0 Å². The lowest BCUT2D eigenvalue weighted by Crippen LogP contribution is -2.34. The van der Waals surface area contributed by atoms with Crippen molar-refractivity contribution in [2.75, 3.05) is 19.6 Å². The highest BCUT2D eigenvalue weighted by atomic mass is 16.2. The third-order valence-electron chi connectivity index (χ3n) is 3.79. The Kier molecular flexibility index (Phi) is 2.95. The number of nitrogens with zero attached hydrogens (tertiary/aromatic N) is 2. The first-order valence-electron chi connectivity index (χ1n) is 5.98. The van der Waals surface area contributed by atoms with Crippen molar-refractivity contribution in [1.29, 1.82) is 0 Å². The van der Waals surface area contributed by atoms with Crippen molar-refractivity contribution < 1.29 is 4.79 Å². The van der Waals surface area contributed by atoms with Crippen LogP contribution in [0.25, 0.3) is 0 Å². The Balaban J connectivity index is 2.15. The van der Waals surface area contributed by atoms with Gasteiger partial charge in [0.2, 0.25) is 0 Å². The summed E-state index contributed by atoms with van der Waals surface area (Å²) in [6, 6.07) is 0. The van der Waals surface area contributed by atoms with Crippen LogP contribution in [0.4, 0.5) is 0 Å². The van der Waals surface area contributed by atoms with Gasteiger partial charge >= 0.3 is 0 Å². The van der Waals surface area contributed by atoms with Crippen LogP contribution < -0.4 is 5.73 Å². The van der Waals surface area contributed by atoms with Crippen molar-refractivity contribution in [1.82, 2.24) is 15.1 Å². The molecule has 1 aromatic heterocycles. The summed E-state index contributed by atoms with van der Waals surface area (Å²) in [4.78, 5) is 14.1. The quantitative estimate of drug-likeness (QED) is 0.799. The highest BCUT2D eigenvalue weighted by Gasteiger charge is 2.36. The summed E-state index contributed by atoms with van der Waals surface area (Å²) in [6.07, 6.45) is 0.970. The number of carbonyl (C=O) groups is 1. The molecule has 1 amide bonds. The summed E-state index contributed by atoms with van der Waals surface area (Å²) in [5.74, 6) is 0.0176. The average molecular weight is 236 g/mol. The molecule has 0 spiro atoms. The molecule has 0 radical (unpaired) electrons. The van der Waals surface area contributed by atoms with Crippen LogP contribution in [0.2, 0.25) is 0 Å². The van der Waals surface area contributed by atoms with Crippen molar-refractivity contribution in [3.05, 3.63) is 17.0 Å². The van der Waals surface area contributed by atoms with Gasteiger partial charge in [0.25, 0.3) is 5.91 Å². The number of aryl methyl sites for hydroxylation is 1. The van der Waals surface area contributed by atoms with Gasteiger partial charge in [-0.25, -0.2) is 0 Å². The van der Waals surface area contributed by atoms with Gasteiger partial charge in [-0.3, -0.25) is 9.89 Å². The fraction of sp³-hybridized carbons (Fsp3) is 0.667. The standard InChI is InChI=1S/C12H20N4O/c1-8-9(2)14-15-10(8)11(17)16-5-4-12(3,6-13)7-16/h4-7,13H2,1-3H3,(H,14,15). The predicted molar refractivity (Wildman–Crippen MR) is 65.7 cm³/mol. The molecule has 0 saturated carbocycles. The van der Waals surface area contributed by atoms with Crippen molar-refractivity contribution in [2.24, 2.45) is 11.1 Å². The molecule has 1 atom stereocenters. The molecular formula is C12H20N4O. The molecule has 2 heterocycles. The fourth-order valence-corrected chi connectivity index (χ4v) is 2.21. The number of carbonyl (C=O) groups excluding carboxylic acids is 1. The fourth-order valence-electron chi connectivity index (χ4n) is 2.21. The first kappa shape index (κ1) is 12.1. The second-order valence-electron chi connectivity index (χ2n) is 5.31. The number of nitrogens with two attached hydrogens (primary N) is 1. The average Bonchev–Trinajstić information content (AvgIpc) is 2.85. The molecule has 2 rings (SSSR count). The monoisotopic (exact) mass is 236 g/mol. The van der Waals surface area contributed by atoms with E-state index in [0.29, 0.717) is 12.2 Å². The smallest absolute Gasteiger partial charge is 0.274 e. The first-order chi connectivity index (χ1) is 7.97. The maximum atomic E-state index is 12.3. The molecule has 1 saturated heterocycles. The van der Waals surface area contributed by atoms with Gasteiger partial charge in [-0.15, -0.1) is 0 Å². The Morgan fingerprint density at radius 3 is 2.76 bits per heavy atom. The normalized spacial score (nSPS) is 24.4. The molecular weight excluding hydrogens is 216 g/mol. The predicted octanol–water partition coefficient (Wildman–Crippen LogP) is 0.837. The summed E-state index contributed by atoms with van der Waals surface area (Å²) < 4.78 is 0. The molecule has 0 aliphatic carbocycles. The van der Waals surface area contributed by atoms with Crippen LogP contribution in [-0.2, 0) is 0 Å². The first-order valence-corrected chi connectivity index (χ1v) is 5.98. The molecule has 94 valence electrons.